The van der Waals surface area contributed by atoms with Crippen molar-refractivity contribution in [3.8, 4) is 0 Å². The molecule has 110 valence electrons. The summed E-state index contributed by atoms with van der Waals surface area (Å²) in [6, 6.07) is 6.40. The lowest BCUT2D eigenvalue weighted by Crippen LogP contribution is -2.15. The van der Waals surface area contributed by atoms with E-state index >= 15 is 0 Å². The molecule has 0 saturated carbocycles. The molecule has 0 aliphatic rings. The largest absolute Gasteiger partial charge is 0.344 e. The molecule has 0 saturated heterocycles. The molecule has 20 heavy (non-hydrogen) atoms. The molecule has 0 amide bonds. The van der Waals surface area contributed by atoms with Gasteiger partial charge >= 0.3 is 0 Å². The van der Waals surface area contributed by atoms with Gasteiger partial charge in [0.05, 0.1) is 16.5 Å². The molecular formula is C16H23NO2S. The molecule has 3 nitrogen and oxygen atoms in total. The Morgan fingerprint density at radius 3 is 2.35 bits per heavy atom. The molecular weight excluding hydrogens is 270 g/mol. The predicted octanol–water partition coefficient (Wildman–Crippen LogP) is 3.85. The Kier molecular flexibility index (Phi) is 3.96. The van der Waals surface area contributed by atoms with Gasteiger partial charge in [-0.15, -0.1) is 0 Å². The van der Waals surface area contributed by atoms with Crippen molar-refractivity contribution in [3.05, 3.63) is 35.5 Å². The molecule has 0 aliphatic heterocycles. The Morgan fingerprint density at radius 1 is 1.15 bits per heavy atom. The van der Waals surface area contributed by atoms with Crippen LogP contribution in [0.2, 0.25) is 0 Å². The van der Waals surface area contributed by atoms with Crippen molar-refractivity contribution in [2.24, 2.45) is 0 Å². The van der Waals surface area contributed by atoms with E-state index in [0.717, 1.165) is 16.5 Å². The number of aryl methyl sites for hydroxylation is 1. The average molecular weight is 293 g/mol. The molecule has 0 aliphatic carbocycles. The van der Waals surface area contributed by atoms with Crippen molar-refractivity contribution < 1.29 is 8.42 Å². The molecule has 1 aromatic heterocycles. The zero-order chi connectivity index (χ0) is 15.1. The number of fused-ring (bicyclic) bond motifs is 1. The fourth-order valence-corrected chi connectivity index (χ4v) is 3.47. The van der Waals surface area contributed by atoms with Crippen molar-refractivity contribution in [1.29, 1.82) is 0 Å². The summed E-state index contributed by atoms with van der Waals surface area (Å²) in [4.78, 5) is 0. The second-order valence-electron chi connectivity index (χ2n) is 5.98. The van der Waals surface area contributed by atoms with E-state index < -0.39 is 9.84 Å². The lowest BCUT2D eigenvalue weighted by atomic mass is 10.1. The lowest BCUT2D eigenvalue weighted by molar-refractivity contribution is 0.586. The van der Waals surface area contributed by atoms with Gasteiger partial charge in [0.15, 0.2) is 9.84 Å². The molecule has 0 unspecified atom stereocenters. The van der Waals surface area contributed by atoms with E-state index in [0.29, 0.717) is 6.04 Å². The second kappa shape index (κ2) is 5.24. The van der Waals surface area contributed by atoms with Crippen LogP contribution in [0.25, 0.3) is 10.9 Å². The van der Waals surface area contributed by atoms with E-state index in [9.17, 15) is 8.42 Å². The highest BCUT2D eigenvalue weighted by molar-refractivity contribution is 7.91. The summed E-state index contributed by atoms with van der Waals surface area (Å²) in [6.07, 6.45) is 2.00. The van der Waals surface area contributed by atoms with Crippen LogP contribution in [-0.2, 0) is 15.6 Å². The summed E-state index contributed by atoms with van der Waals surface area (Å²) < 4.78 is 26.6. The third-order valence-electron chi connectivity index (χ3n) is 3.77. The third kappa shape index (κ3) is 2.62. The van der Waals surface area contributed by atoms with E-state index in [4.69, 9.17) is 0 Å². The number of rotatable bonds is 4. The topological polar surface area (TPSA) is 39.1 Å². The summed E-state index contributed by atoms with van der Waals surface area (Å²) in [5.74, 6) is 0.115. The number of nitrogens with zero attached hydrogens (tertiary/aromatic N) is 1. The maximum atomic E-state index is 12.2. The highest BCUT2D eigenvalue weighted by atomic mass is 32.2. The Morgan fingerprint density at radius 2 is 1.80 bits per heavy atom. The number of benzene rings is 1. The first-order valence-electron chi connectivity index (χ1n) is 7.04. The Balaban J connectivity index is 2.64. The summed E-state index contributed by atoms with van der Waals surface area (Å²) in [5, 5.41) is 0.715. The molecule has 0 bridgehead atoms. The van der Waals surface area contributed by atoms with Crippen LogP contribution in [0.15, 0.2) is 24.4 Å². The molecule has 0 spiro atoms. The van der Waals surface area contributed by atoms with E-state index in [-0.39, 0.29) is 11.0 Å². The van der Waals surface area contributed by atoms with Gasteiger partial charge in [0.1, 0.15) is 0 Å². The zero-order valence-electron chi connectivity index (χ0n) is 12.8. The van der Waals surface area contributed by atoms with Crippen LogP contribution in [0.3, 0.4) is 0 Å². The minimum atomic E-state index is -3.08. The minimum Gasteiger partial charge on any atom is -0.344 e. The standard InChI is InChI=1S/C16H23NO2S/c1-11(2)17-9-14(10-20(18,19)12(3)4)15-8-6-7-13(5)16(15)17/h6-9,11-12H,10H2,1-5H3. The van der Waals surface area contributed by atoms with Gasteiger partial charge in [-0.05, 0) is 45.7 Å². The number of sulfone groups is 1. The van der Waals surface area contributed by atoms with Crippen LogP contribution in [0.1, 0.15) is 44.9 Å². The molecule has 0 atom stereocenters. The first-order valence-corrected chi connectivity index (χ1v) is 8.76. The third-order valence-corrected chi connectivity index (χ3v) is 5.92. The first kappa shape index (κ1) is 15.1. The maximum absolute atomic E-state index is 12.2. The second-order valence-corrected chi connectivity index (χ2v) is 8.54. The average Bonchev–Trinajstić information content (AvgIpc) is 2.69. The van der Waals surface area contributed by atoms with Crippen molar-refractivity contribution in [2.45, 2.75) is 51.7 Å². The normalized spacial score (nSPS) is 12.8. The van der Waals surface area contributed by atoms with Gasteiger partial charge in [-0.25, -0.2) is 8.42 Å². The fraction of sp³-hybridized carbons (Fsp3) is 0.500. The molecule has 1 aromatic carbocycles. The van der Waals surface area contributed by atoms with E-state index in [2.05, 4.69) is 31.4 Å². The van der Waals surface area contributed by atoms with Gasteiger partial charge in [0, 0.05) is 17.6 Å². The summed E-state index contributed by atoms with van der Waals surface area (Å²) in [7, 11) is -3.08. The highest BCUT2D eigenvalue weighted by Gasteiger charge is 2.21. The molecule has 0 fully saturated rings. The van der Waals surface area contributed by atoms with E-state index in [1.165, 1.54) is 5.56 Å². The molecule has 0 radical (unpaired) electrons. The fourth-order valence-electron chi connectivity index (χ4n) is 2.47. The zero-order valence-corrected chi connectivity index (χ0v) is 13.7. The van der Waals surface area contributed by atoms with Crippen molar-refractivity contribution in [1.82, 2.24) is 4.57 Å². The lowest BCUT2D eigenvalue weighted by Gasteiger charge is -2.10. The quantitative estimate of drug-likeness (QED) is 0.858. The summed E-state index contributed by atoms with van der Waals surface area (Å²) in [6.45, 7) is 9.78. The van der Waals surface area contributed by atoms with Gasteiger partial charge in [-0.2, -0.15) is 0 Å². The molecule has 1 heterocycles. The van der Waals surface area contributed by atoms with Crippen molar-refractivity contribution in [3.63, 3.8) is 0 Å². The highest BCUT2D eigenvalue weighted by Crippen LogP contribution is 2.29. The predicted molar refractivity (Wildman–Crippen MR) is 84.8 cm³/mol. The number of hydrogen-bond donors (Lipinski definition) is 0. The van der Waals surface area contributed by atoms with E-state index in [1.807, 2.05) is 18.3 Å². The Hall–Kier alpha value is -1.29. The number of hydrogen-bond acceptors (Lipinski definition) is 2. The maximum Gasteiger partial charge on any atom is 0.156 e. The van der Waals surface area contributed by atoms with E-state index in [1.54, 1.807) is 13.8 Å². The molecule has 2 aromatic rings. The number of para-hydroxylation sites is 1. The minimum absolute atomic E-state index is 0.115. The van der Waals surface area contributed by atoms with Gasteiger partial charge in [0.25, 0.3) is 0 Å². The van der Waals surface area contributed by atoms with Gasteiger partial charge in [-0.3, -0.25) is 0 Å². The Bertz CT molecular complexity index is 724. The van der Waals surface area contributed by atoms with Crippen molar-refractivity contribution in [2.75, 3.05) is 0 Å². The van der Waals surface area contributed by atoms with Crippen LogP contribution in [0, 0.1) is 6.92 Å². The Labute approximate surface area is 121 Å². The van der Waals surface area contributed by atoms with Crippen LogP contribution >= 0.6 is 0 Å². The van der Waals surface area contributed by atoms with Gasteiger partial charge in [0.2, 0.25) is 0 Å². The summed E-state index contributed by atoms with van der Waals surface area (Å²) in [5.41, 5.74) is 3.24. The van der Waals surface area contributed by atoms with Crippen molar-refractivity contribution >= 4 is 20.7 Å². The first-order chi connectivity index (χ1) is 9.24. The summed E-state index contributed by atoms with van der Waals surface area (Å²) >= 11 is 0. The molecule has 0 N–H and O–H groups in total. The van der Waals surface area contributed by atoms with Crippen LogP contribution in [-0.4, -0.2) is 18.2 Å². The smallest absolute Gasteiger partial charge is 0.156 e. The molecule has 4 heteroatoms. The SMILES string of the molecule is Cc1cccc2c(CS(=O)(=O)C(C)C)cn(C(C)C)c12. The van der Waals surface area contributed by atoms with Crippen LogP contribution in [0.5, 0.6) is 0 Å². The monoisotopic (exact) mass is 293 g/mol. The van der Waals surface area contributed by atoms with Gasteiger partial charge < -0.3 is 4.57 Å². The number of aromatic nitrogens is 1. The van der Waals surface area contributed by atoms with Gasteiger partial charge in [-0.1, -0.05) is 18.2 Å². The molecule has 2 rings (SSSR count). The van der Waals surface area contributed by atoms with Crippen LogP contribution < -0.4 is 0 Å². The van der Waals surface area contributed by atoms with Crippen LogP contribution in [0.4, 0.5) is 0 Å².